The smallest absolute Gasteiger partial charge is 0.173 e. The van der Waals surface area contributed by atoms with Crippen molar-refractivity contribution in [1.29, 1.82) is 0 Å². The zero-order valence-electron chi connectivity index (χ0n) is 17.6. The molecule has 1 aliphatic carbocycles. The van der Waals surface area contributed by atoms with Crippen molar-refractivity contribution < 1.29 is 23.9 Å². The second-order valence-electron chi connectivity index (χ2n) is 8.49. The summed E-state index contributed by atoms with van der Waals surface area (Å²) in [7, 11) is 0. The molecule has 1 saturated carbocycles. The van der Waals surface area contributed by atoms with Gasteiger partial charge in [-0.2, -0.15) is 0 Å². The maximum atomic E-state index is 13.7. The lowest BCUT2D eigenvalue weighted by atomic mass is 9.58. The van der Waals surface area contributed by atoms with E-state index in [9.17, 15) is 23.9 Å². The minimum atomic E-state index is -1.67. The highest BCUT2D eigenvalue weighted by Crippen LogP contribution is 2.48. The first kappa shape index (κ1) is 21.8. The number of carbonyl (C=O) groups excluding carboxylic acids is 3. The van der Waals surface area contributed by atoms with E-state index < -0.39 is 40.7 Å². The molecule has 4 nitrogen and oxygen atoms in total. The van der Waals surface area contributed by atoms with Crippen molar-refractivity contribution >= 4 is 17.3 Å². The molecule has 3 aromatic rings. The summed E-state index contributed by atoms with van der Waals surface area (Å²) in [4.78, 5) is 40.3. The average Bonchev–Trinajstić information content (AvgIpc) is 2.79. The highest BCUT2D eigenvalue weighted by atomic mass is 19.1. The van der Waals surface area contributed by atoms with Crippen molar-refractivity contribution in [2.24, 2.45) is 11.8 Å². The number of hydrogen-bond acceptors (Lipinski definition) is 4. The van der Waals surface area contributed by atoms with Crippen LogP contribution >= 0.6 is 0 Å². The third-order valence-electron chi connectivity index (χ3n) is 6.20. The third kappa shape index (κ3) is 4.04. The van der Waals surface area contributed by atoms with Crippen LogP contribution in [-0.2, 0) is 4.79 Å². The first-order valence-electron chi connectivity index (χ1n) is 10.5. The standard InChI is InChI=1S/C27H23FO4/c1-27(32)16-21(29)23(25(30)18-8-4-2-5-9-18)22(17-12-14-20(28)15-13-17)24(27)26(31)19-10-6-3-7-11-19/h2-15,22-24,32H,16H2,1H3/t22-,23-,24+,27-/m0/s1. The van der Waals surface area contributed by atoms with E-state index >= 15 is 0 Å². The molecular formula is C27H23FO4. The van der Waals surface area contributed by atoms with Gasteiger partial charge in [-0.05, 0) is 24.6 Å². The number of aliphatic hydroxyl groups is 1. The van der Waals surface area contributed by atoms with Crippen molar-refractivity contribution in [3.05, 3.63) is 107 Å². The lowest BCUT2D eigenvalue weighted by Crippen LogP contribution is -2.54. The largest absolute Gasteiger partial charge is 0.389 e. The van der Waals surface area contributed by atoms with Gasteiger partial charge in [0.2, 0.25) is 0 Å². The lowest BCUT2D eigenvalue weighted by molar-refractivity contribution is -0.134. The molecule has 32 heavy (non-hydrogen) atoms. The zero-order chi connectivity index (χ0) is 22.9. The van der Waals surface area contributed by atoms with E-state index in [1.54, 1.807) is 60.7 Å². The summed E-state index contributed by atoms with van der Waals surface area (Å²) in [6.07, 6.45) is -0.322. The molecule has 1 aliphatic rings. The van der Waals surface area contributed by atoms with Gasteiger partial charge in [-0.1, -0.05) is 72.8 Å². The van der Waals surface area contributed by atoms with Crippen molar-refractivity contribution in [1.82, 2.24) is 0 Å². The topological polar surface area (TPSA) is 71.4 Å². The van der Waals surface area contributed by atoms with Crippen LogP contribution in [0.15, 0.2) is 84.9 Å². The normalized spacial score (nSPS) is 25.3. The predicted molar refractivity (Wildman–Crippen MR) is 118 cm³/mol. The Bertz CT molecular complexity index is 1140. The van der Waals surface area contributed by atoms with Gasteiger partial charge in [-0.15, -0.1) is 0 Å². The number of rotatable bonds is 5. The molecule has 0 aliphatic heterocycles. The van der Waals surface area contributed by atoms with Crippen LogP contribution < -0.4 is 0 Å². The van der Waals surface area contributed by atoms with E-state index in [0.717, 1.165) is 0 Å². The molecule has 162 valence electrons. The molecule has 0 bridgehead atoms. The minimum Gasteiger partial charge on any atom is -0.389 e. The Hall–Kier alpha value is -3.44. The molecule has 0 unspecified atom stereocenters. The van der Waals surface area contributed by atoms with Crippen molar-refractivity contribution in [2.75, 3.05) is 0 Å². The van der Waals surface area contributed by atoms with Crippen LogP contribution in [0.1, 0.15) is 45.5 Å². The summed E-state index contributed by atoms with van der Waals surface area (Å²) in [6, 6.07) is 22.3. The zero-order valence-corrected chi connectivity index (χ0v) is 17.6. The molecule has 0 aromatic heterocycles. The van der Waals surface area contributed by atoms with E-state index in [-0.39, 0.29) is 12.2 Å². The maximum absolute atomic E-state index is 13.7. The third-order valence-corrected chi connectivity index (χ3v) is 6.20. The first-order valence-corrected chi connectivity index (χ1v) is 10.5. The number of ketones is 3. The number of halogens is 1. The van der Waals surface area contributed by atoms with Crippen LogP contribution in [0, 0.1) is 17.7 Å². The fraction of sp³-hybridized carbons (Fsp3) is 0.222. The van der Waals surface area contributed by atoms with Crippen LogP contribution in [0.5, 0.6) is 0 Å². The van der Waals surface area contributed by atoms with Gasteiger partial charge < -0.3 is 5.11 Å². The molecule has 0 amide bonds. The highest BCUT2D eigenvalue weighted by Gasteiger charge is 2.55. The molecule has 1 N–H and O–H groups in total. The molecule has 4 rings (SSSR count). The van der Waals surface area contributed by atoms with Crippen LogP contribution in [0.25, 0.3) is 0 Å². The Balaban J connectivity index is 1.89. The Labute approximate surface area is 185 Å². The maximum Gasteiger partial charge on any atom is 0.173 e. The van der Waals surface area contributed by atoms with Crippen LogP contribution in [0.2, 0.25) is 0 Å². The van der Waals surface area contributed by atoms with Crippen molar-refractivity contribution in [2.45, 2.75) is 24.9 Å². The molecule has 1 fully saturated rings. The van der Waals surface area contributed by atoms with E-state index in [4.69, 9.17) is 0 Å². The lowest BCUT2D eigenvalue weighted by Gasteiger charge is -2.45. The molecule has 0 saturated heterocycles. The molecule has 0 radical (unpaired) electrons. The molecular weight excluding hydrogens is 407 g/mol. The summed E-state index contributed by atoms with van der Waals surface area (Å²) < 4.78 is 13.7. The molecule has 0 heterocycles. The number of carbonyl (C=O) groups is 3. The first-order chi connectivity index (χ1) is 15.3. The highest BCUT2D eigenvalue weighted by molar-refractivity contribution is 6.13. The van der Waals surface area contributed by atoms with Gasteiger partial charge in [0.05, 0.1) is 17.4 Å². The minimum absolute atomic E-state index is 0.322. The average molecular weight is 430 g/mol. The number of Topliss-reactive ketones (excluding diaryl/α,β-unsaturated/α-hetero) is 3. The molecule has 5 heteroatoms. The van der Waals surface area contributed by atoms with Crippen molar-refractivity contribution in [3.8, 4) is 0 Å². The van der Waals surface area contributed by atoms with Gasteiger partial charge in [-0.25, -0.2) is 4.39 Å². The van der Waals surface area contributed by atoms with Gasteiger partial charge in [0.25, 0.3) is 0 Å². The monoisotopic (exact) mass is 430 g/mol. The number of benzene rings is 3. The van der Waals surface area contributed by atoms with Gasteiger partial charge in [0.15, 0.2) is 11.6 Å². The Morgan fingerprint density at radius 1 is 0.844 bits per heavy atom. The summed E-state index contributed by atoms with van der Waals surface area (Å²) in [5.74, 6) is -4.84. The van der Waals surface area contributed by atoms with Gasteiger partial charge in [-0.3, -0.25) is 14.4 Å². The summed E-state index contributed by atoms with van der Waals surface area (Å²) in [6.45, 7) is 1.45. The fourth-order valence-corrected chi connectivity index (χ4v) is 4.74. The Morgan fingerprint density at radius 2 is 1.34 bits per heavy atom. The van der Waals surface area contributed by atoms with Crippen LogP contribution in [0.3, 0.4) is 0 Å². The molecule has 0 spiro atoms. The predicted octanol–water partition coefficient (Wildman–Crippen LogP) is 4.63. The van der Waals surface area contributed by atoms with E-state index in [2.05, 4.69) is 0 Å². The summed E-state index contributed by atoms with van der Waals surface area (Å²) in [5, 5.41) is 11.3. The quantitative estimate of drug-likeness (QED) is 0.473. The summed E-state index contributed by atoms with van der Waals surface area (Å²) >= 11 is 0. The van der Waals surface area contributed by atoms with Crippen LogP contribution in [0.4, 0.5) is 4.39 Å². The van der Waals surface area contributed by atoms with Gasteiger partial charge >= 0.3 is 0 Å². The van der Waals surface area contributed by atoms with E-state index in [1.807, 2.05) is 0 Å². The van der Waals surface area contributed by atoms with Gasteiger partial charge in [0, 0.05) is 23.5 Å². The van der Waals surface area contributed by atoms with Gasteiger partial charge in [0.1, 0.15) is 11.6 Å². The molecule has 3 aromatic carbocycles. The second kappa shape index (κ2) is 8.60. The molecule has 4 atom stereocenters. The SMILES string of the molecule is C[C@]1(O)CC(=O)[C@H](C(=O)c2ccccc2)[C@H](c2ccc(F)cc2)[C@@H]1C(=O)c1ccccc1. The Kier molecular flexibility index (Phi) is 5.85. The van der Waals surface area contributed by atoms with E-state index in [0.29, 0.717) is 16.7 Å². The Morgan fingerprint density at radius 3 is 1.88 bits per heavy atom. The van der Waals surface area contributed by atoms with E-state index in [1.165, 1.54) is 31.2 Å². The summed E-state index contributed by atoms with van der Waals surface area (Å²) in [5.41, 5.74) is -0.477. The van der Waals surface area contributed by atoms with Crippen molar-refractivity contribution in [3.63, 3.8) is 0 Å². The van der Waals surface area contributed by atoms with Crippen LogP contribution in [-0.4, -0.2) is 28.1 Å². The number of hydrogen-bond donors (Lipinski definition) is 1. The second-order valence-corrected chi connectivity index (χ2v) is 8.49. The fourth-order valence-electron chi connectivity index (χ4n) is 4.74.